The van der Waals surface area contributed by atoms with Crippen LogP contribution in [0.2, 0.25) is 0 Å². The highest BCUT2D eigenvalue weighted by atomic mass is 19.3. The van der Waals surface area contributed by atoms with E-state index in [2.05, 4.69) is 5.32 Å². The van der Waals surface area contributed by atoms with Crippen LogP contribution in [0.15, 0.2) is 0 Å². The molecule has 0 aromatic carbocycles. The Bertz CT molecular complexity index is 79.1. The van der Waals surface area contributed by atoms with E-state index < -0.39 is 6.43 Å². The molecular weight excluding hydrogens is 124 g/mol. The minimum absolute atomic E-state index is 0.0764. The van der Waals surface area contributed by atoms with Crippen molar-refractivity contribution in [2.45, 2.75) is 19.3 Å². The molecule has 1 nitrogen and oxygen atoms in total. The molecule has 1 N–H and O–H groups in total. The molecule has 0 saturated carbocycles. The topological polar surface area (TPSA) is 12.0 Å². The number of hydrogen-bond donors (Lipinski definition) is 1. The van der Waals surface area contributed by atoms with Gasteiger partial charge in [0.15, 0.2) is 0 Å². The maximum absolute atomic E-state index is 11.7. The number of hydrogen-bond acceptors (Lipinski definition) is 1. The Kier molecular flexibility index (Phi) is 2.39. The van der Waals surface area contributed by atoms with Crippen LogP contribution in [0.5, 0.6) is 0 Å². The fourth-order valence-corrected chi connectivity index (χ4v) is 1.17. The molecular formula is C6H11F2N. The van der Waals surface area contributed by atoms with Crippen molar-refractivity contribution < 1.29 is 8.78 Å². The fourth-order valence-electron chi connectivity index (χ4n) is 1.17. The highest BCUT2D eigenvalue weighted by Gasteiger charge is 2.18. The summed E-state index contributed by atoms with van der Waals surface area (Å²) in [6.07, 6.45) is -1.12. The van der Waals surface area contributed by atoms with E-state index in [0.29, 0.717) is 0 Å². The molecule has 0 bridgehead atoms. The molecule has 1 aliphatic heterocycles. The van der Waals surface area contributed by atoms with Gasteiger partial charge < -0.3 is 5.32 Å². The Balaban J connectivity index is 2.11. The lowest BCUT2D eigenvalue weighted by Gasteiger charge is -2.04. The predicted octanol–water partition coefficient (Wildman–Crippen LogP) is 1.25. The summed E-state index contributed by atoms with van der Waals surface area (Å²) >= 11 is 0. The molecule has 0 radical (unpaired) electrons. The van der Waals surface area contributed by atoms with Crippen molar-refractivity contribution in [1.82, 2.24) is 5.32 Å². The van der Waals surface area contributed by atoms with Crippen molar-refractivity contribution >= 4 is 0 Å². The molecule has 1 atom stereocenters. The maximum Gasteiger partial charge on any atom is 0.238 e. The van der Waals surface area contributed by atoms with E-state index in [1.54, 1.807) is 0 Å². The minimum Gasteiger partial charge on any atom is -0.316 e. The quantitative estimate of drug-likeness (QED) is 0.601. The van der Waals surface area contributed by atoms with Crippen molar-refractivity contribution in [2.24, 2.45) is 5.92 Å². The Morgan fingerprint density at radius 1 is 1.56 bits per heavy atom. The van der Waals surface area contributed by atoms with E-state index in [0.717, 1.165) is 19.5 Å². The lowest BCUT2D eigenvalue weighted by atomic mass is 10.1. The first kappa shape index (κ1) is 6.93. The summed E-state index contributed by atoms with van der Waals surface area (Å²) in [7, 11) is 0. The Hall–Kier alpha value is -0.180. The van der Waals surface area contributed by atoms with Crippen LogP contribution in [0.25, 0.3) is 0 Å². The summed E-state index contributed by atoms with van der Waals surface area (Å²) in [5.41, 5.74) is 0. The van der Waals surface area contributed by atoms with E-state index in [1.807, 2.05) is 0 Å². The third-order valence-electron chi connectivity index (χ3n) is 1.67. The van der Waals surface area contributed by atoms with E-state index in [1.165, 1.54) is 0 Å². The summed E-state index contributed by atoms with van der Waals surface area (Å²) in [5.74, 6) is 0.227. The van der Waals surface area contributed by atoms with Crippen molar-refractivity contribution in [3.63, 3.8) is 0 Å². The van der Waals surface area contributed by atoms with Crippen LogP contribution in [-0.2, 0) is 0 Å². The summed E-state index contributed by atoms with van der Waals surface area (Å²) in [5, 5.41) is 3.04. The van der Waals surface area contributed by atoms with Gasteiger partial charge in [-0.1, -0.05) is 0 Å². The molecule has 0 spiro atoms. The molecule has 3 heteroatoms. The van der Waals surface area contributed by atoms with Gasteiger partial charge in [0.25, 0.3) is 0 Å². The minimum atomic E-state index is -2.12. The van der Waals surface area contributed by atoms with Gasteiger partial charge in [-0.2, -0.15) is 0 Å². The van der Waals surface area contributed by atoms with Gasteiger partial charge in [0.2, 0.25) is 6.43 Å². The van der Waals surface area contributed by atoms with E-state index in [9.17, 15) is 8.78 Å². The summed E-state index contributed by atoms with van der Waals surface area (Å²) in [6.45, 7) is 1.70. The monoisotopic (exact) mass is 135 g/mol. The third kappa shape index (κ3) is 2.26. The zero-order valence-electron chi connectivity index (χ0n) is 5.24. The molecule has 54 valence electrons. The molecule has 0 aromatic heterocycles. The van der Waals surface area contributed by atoms with Gasteiger partial charge >= 0.3 is 0 Å². The van der Waals surface area contributed by atoms with Crippen LogP contribution in [0.3, 0.4) is 0 Å². The number of halogens is 2. The molecule has 9 heavy (non-hydrogen) atoms. The van der Waals surface area contributed by atoms with Gasteiger partial charge in [-0.25, -0.2) is 8.78 Å². The summed E-state index contributed by atoms with van der Waals surface area (Å²) < 4.78 is 23.3. The van der Waals surface area contributed by atoms with Gasteiger partial charge in [0, 0.05) is 6.42 Å². The molecule has 1 saturated heterocycles. The third-order valence-corrected chi connectivity index (χ3v) is 1.67. The average molecular weight is 135 g/mol. The van der Waals surface area contributed by atoms with Gasteiger partial charge in [-0.3, -0.25) is 0 Å². The van der Waals surface area contributed by atoms with Crippen LogP contribution >= 0.6 is 0 Å². The second-order valence-electron chi connectivity index (χ2n) is 2.49. The molecule has 0 amide bonds. The van der Waals surface area contributed by atoms with Crippen LogP contribution < -0.4 is 5.32 Å². The molecule has 1 heterocycles. The van der Waals surface area contributed by atoms with Gasteiger partial charge in [-0.05, 0) is 25.4 Å². The van der Waals surface area contributed by atoms with E-state index in [-0.39, 0.29) is 12.3 Å². The van der Waals surface area contributed by atoms with Gasteiger partial charge in [0.05, 0.1) is 0 Å². The number of nitrogens with one attached hydrogen (secondary N) is 1. The Morgan fingerprint density at radius 3 is 2.78 bits per heavy atom. The molecule has 1 aliphatic rings. The van der Waals surface area contributed by atoms with Crippen LogP contribution in [0.4, 0.5) is 8.78 Å². The second kappa shape index (κ2) is 3.11. The molecule has 0 unspecified atom stereocenters. The van der Waals surface area contributed by atoms with Crippen LogP contribution in [0, 0.1) is 5.92 Å². The number of alkyl halides is 2. The molecule has 0 aliphatic carbocycles. The maximum atomic E-state index is 11.7. The lowest BCUT2D eigenvalue weighted by Crippen LogP contribution is -2.11. The summed E-state index contributed by atoms with van der Waals surface area (Å²) in [6, 6.07) is 0. The van der Waals surface area contributed by atoms with Crippen molar-refractivity contribution in [2.75, 3.05) is 13.1 Å². The average Bonchev–Trinajstić information content (AvgIpc) is 2.15. The van der Waals surface area contributed by atoms with Crippen molar-refractivity contribution in [1.29, 1.82) is 0 Å². The van der Waals surface area contributed by atoms with Gasteiger partial charge in [0.1, 0.15) is 0 Å². The Labute approximate surface area is 53.4 Å². The largest absolute Gasteiger partial charge is 0.316 e. The Morgan fingerprint density at radius 2 is 2.33 bits per heavy atom. The lowest BCUT2D eigenvalue weighted by molar-refractivity contribution is 0.118. The van der Waals surface area contributed by atoms with Crippen LogP contribution in [0.1, 0.15) is 12.8 Å². The number of rotatable bonds is 2. The second-order valence-corrected chi connectivity index (χ2v) is 2.49. The predicted molar refractivity (Wildman–Crippen MR) is 31.6 cm³/mol. The summed E-state index contributed by atoms with van der Waals surface area (Å²) in [4.78, 5) is 0. The first-order valence-electron chi connectivity index (χ1n) is 3.28. The SMILES string of the molecule is FC(F)C[C@H]1CCNC1. The van der Waals surface area contributed by atoms with E-state index >= 15 is 0 Å². The van der Waals surface area contributed by atoms with Gasteiger partial charge in [-0.15, -0.1) is 0 Å². The molecule has 0 aromatic rings. The first-order valence-corrected chi connectivity index (χ1v) is 3.28. The van der Waals surface area contributed by atoms with Crippen LogP contribution in [-0.4, -0.2) is 19.5 Å². The van der Waals surface area contributed by atoms with Crippen molar-refractivity contribution in [3.05, 3.63) is 0 Å². The zero-order chi connectivity index (χ0) is 6.69. The highest BCUT2D eigenvalue weighted by molar-refractivity contribution is 4.71. The first-order chi connectivity index (χ1) is 4.29. The highest BCUT2D eigenvalue weighted by Crippen LogP contribution is 2.16. The smallest absolute Gasteiger partial charge is 0.238 e. The zero-order valence-corrected chi connectivity index (χ0v) is 5.24. The van der Waals surface area contributed by atoms with E-state index in [4.69, 9.17) is 0 Å². The van der Waals surface area contributed by atoms with Crippen molar-refractivity contribution in [3.8, 4) is 0 Å². The molecule has 1 fully saturated rings. The molecule has 1 rings (SSSR count). The normalized spacial score (nSPS) is 27.7. The standard InChI is InChI=1S/C6H11F2N/c7-6(8)3-5-1-2-9-4-5/h5-6,9H,1-4H2/t5-/m1/s1. The fraction of sp³-hybridized carbons (Fsp3) is 1.00.